The van der Waals surface area contributed by atoms with Crippen molar-refractivity contribution in [1.29, 1.82) is 0 Å². The number of pyridine rings is 3. The Balaban J connectivity index is 0.000000118. The lowest BCUT2D eigenvalue weighted by molar-refractivity contribution is -0.661. The normalized spacial score (nSPS) is 20.4. The van der Waals surface area contributed by atoms with Gasteiger partial charge in [-0.2, -0.15) is 0 Å². The minimum absolute atomic E-state index is 0.686. The monoisotopic (exact) mass is 1340 g/mol. The summed E-state index contributed by atoms with van der Waals surface area (Å²) in [4.78, 5) is 0. The summed E-state index contributed by atoms with van der Waals surface area (Å²) in [5.74, 6) is 2.20. The minimum Gasteiger partial charge on any atom is -0.201 e. The van der Waals surface area contributed by atoms with Gasteiger partial charge in [0.05, 0.1) is 16.7 Å². The molecule has 0 atom stereocenters. The topological polar surface area (TPSA) is 11.6 Å². The average molecular weight is 1340 g/mol. The standard InChI is InChI=1S/2C33H40N.C32H38N/c1-22-19-30(32-24(3)18-23(2)31-27-11-7-6-10-26(27)20-28(31)32)34(4)21-29(22)25-12-16-33(17-13-25)14-8-5-9-15-33;1-22-9-8-10-26-27-12-11-23(2)32(30(27)19-29(22)26)31-20-28(24(3)21-34(31)4)25-13-17-33(18-14-25)15-6-5-7-16-33;1-22-11-12-27-26-10-6-5-9-25(26)20-28(27)31(22)30-19-23(2)29(21-33(30)3)24-13-17-32(18-14-24)15-7-4-8-16-32/h6-7,10-11,18-19,21,25H,5,8-9,12-17,20H2,1-4H3;8-12,20-21,25H,5-7,13-19H2,1-4H3;5-6,9-12,19,21,24H,4,7-8,13-18,20H2,1-3H3/q3*+1. The Bertz CT molecular complexity index is 4630. The van der Waals surface area contributed by atoms with Crippen molar-refractivity contribution in [3.8, 4) is 67.2 Å². The van der Waals surface area contributed by atoms with Crippen molar-refractivity contribution in [3.63, 3.8) is 0 Å². The lowest BCUT2D eigenvalue weighted by Gasteiger charge is -2.43. The van der Waals surface area contributed by atoms with Gasteiger partial charge in [-0.15, -0.1) is 0 Å². The predicted octanol–water partition coefficient (Wildman–Crippen LogP) is 24.5. The third kappa shape index (κ3) is 12.8. The molecular formula is C98H118N3+3. The number of hydrogen-bond donors (Lipinski definition) is 0. The Morgan fingerprint density at radius 2 is 0.653 bits per heavy atom. The first-order valence-corrected chi connectivity index (χ1v) is 40.6. The van der Waals surface area contributed by atoms with E-state index < -0.39 is 0 Å². The number of fused-ring (bicyclic) bond motifs is 9. The molecule has 9 aromatic rings. The quantitative estimate of drug-likeness (QED) is 0.147. The number of hydrogen-bond acceptors (Lipinski definition) is 0. The molecule has 9 aliphatic carbocycles. The summed E-state index contributed by atoms with van der Waals surface area (Å²) in [5, 5.41) is 0. The lowest BCUT2D eigenvalue weighted by atomic mass is 9.62. The van der Waals surface area contributed by atoms with Crippen LogP contribution in [0.2, 0.25) is 0 Å². The van der Waals surface area contributed by atoms with E-state index >= 15 is 0 Å². The van der Waals surface area contributed by atoms with E-state index in [0.29, 0.717) is 16.2 Å². The van der Waals surface area contributed by atoms with E-state index in [4.69, 9.17) is 0 Å². The highest BCUT2D eigenvalue weighted by atomic mass is 14.9. The molecule has 0 bridgehead atoms. The summed E-state index contributed by atoms with van der Waals surface area (Å²) in [7, 11) is 6.79. The Morgan fingerprint density at radius 3 is 1.17 bits per heavy atom. The summed E-state index contributed by atoms with van der Waals surface area (Å²) >= 11 is 0. The second-order valence-electron chi connectivity index (χ2n) is 35.0. The van der Waals surface area contributed by atoms with Crippen molar-refractivity contribution < 1.29 is 13.7 Å². The molecule has 0 unspecified atom stereocenters. The predicted molar refractivity (Wildman–Crippen MR) is 422 cm³/mol. The van der Waals surface area contributed by atoms with Gasteiger partial charge >= 0.3 is 0 Å². The summed E-state index contributed by atoms with van der Waals surface area (Å²) in [5.41, 5.74) is 44.6. The van der Waals surface area contributed by atoms with E-state index in [1.165, 1.54) is 318 Å². The molecule has 0 amide bonds. The largest absolute Gasteiger partial charge is 0.213 e. The summed E-state index contributed by atoms with van der Waals surface area (Å²) in [6.45, 7) is 18.5. The van der Waals surface area contributed by atoms with Crippen LogP contribution in [0.15, 0.2) is 134 Å². The zero-order valence-corrected chi connectivity index (χ0v) is 64.0. The van der Waals surface area contributed by atoms with E-state index in [1.54, 1.807) is 16.7 Å². The maximum atomic E-state index is 2.58. The molecule has 6 saturated carbocycles. The first-order valence-electron chi connectivity index (χ1n) is 40.6. The van der Waals surface area contributed by atoms with E-state index in [9.17, 15) is 0 Å². The van der Waals surface area contributed by atoms with Crippen molar-refractivity contribution in [2.75, 3.05) is 0 Å². The van der Waals surface area contributed by atoms with Crippen LogP contribution in [0.5, 0.6) is 0 Å². The average Bonchev–Trinajstić information content (AvgIpc) is 1.66. The van der Waals surface area contributed by atoms with Gasteiger partial charge in [-0.3, -0.25) is 0 Å². The molecule has 6 fully saturated rings. The molecule has 3 heterocycles. The number of rotatable bonds is 6. The number of nitrogens with zero attached hydrogens (tertiary/aromatic N) is 3. The number of aromatic nitrogens is 3. The van der Waals surface area contributed by atoms with E-state index in [2.05, 4.69) is 224 Å². The molecule has 18 rings (SSSR count). The highest BCUT2D eigenvalue weighted by Gasteiger charge is 2.42. The van der Waals surface area contributed by atoms with Gasteiger partial charge in [0.25, 0.3) is 0 Å². The first kappa shape index (κ1) is 68.2. The first-order chi connectivity index (χ1) is 49.0. The summed E-state index contributed by atoms with van der Waals surface area (Å²) < 4.78 is 7.26. The van der Waals surface area contributed by atoms with Crippen LogP contribution in [-0.4, -0.2) is 0 Å². The third-order valence-electron chi connectivity index (χ3n) is 28.8. The van der Waals surface area contributed by atoms with Gasteiger partial charge in [-0.05, 0) is 335 Å². The molecule has 0 N–H and O–H groups in total. The van der Waals surface area contributed by atoms with Crippen LogP contribution in [0.3, 0.4) is 0 Å². The fraction of sp³-hybridized carbons (Fsp3) is 0.480. The lowest BCUT2D eigenvalue weighted by Crippen LogP contribution is -2.34. The zero-order valence-electron chi connectivity index (χ0n) is 64.0. The molecule has 6 aromatic carbocycles. The summed E-state index contributed by atoms with van der Waals surface area (Å²) in [6, 6.07) is 44.1. The Kier molecular flexibility index (Phi) is 18.7. The van der Waals surface area contributed by atoms with Gasteiger partial charge in [0.15, 0.2) is 18.6 Å². The molecule has 3 heteroatoms. The van der Waals surface area contributed by atoms with E-state index in [0.717, 1.165) is 37.0 Å². The van der Waals surface area contributed by atoms with Crippen molar-refractivity contribution >= 4 is 0 Å². The SMILES string of the molecule is Cc1c[n+](C)c(-c2c(C)ccc3c2Cc2c(C)cccc2-3)cc1C1CCC2(CCCCC2)CC1.Cc1cc(-c2c(C)cc(C)c3c2Cc2ccccc2-3)[n+](C)cc1C1CCC2(CCCCC2)CC1.Cc1cc(-c2c(C)ccc3c2Cc2ccccc2-3)[n+](C)cc1C1CCC2(CCCCC2)CC1. The Labute approximate surface area is 608 Å². The second kappa shape index (κ2) is 27.8. The maximum absolute atomic E-state index is 2.58. The highest BCUT2D eigenvalue weighted by Crippen LogP contribution is 2.56. The molecule has 3 nitrogen and oxygen atoms in total. The van der Waals surface area contributed by atoms with Gasteiger partial charge in [0.1, 0.15) is 21.1 Å². The van der Waals surface area contributed by atoms with Crippen LogP contribution in [0.25, 0.3) is 67.2 Å². The number of benzene rings is 6. The minimum atomic E-state index is 0.686. The second-order valence-corrected chi connectivity index (χ2v) is 35.0. The Morgan fingerprint density at radius 1 is 0.267 bits per heavy atom. The zero-order chi connectivity index (χ0) is 69.5. The van der Waals surface area contributed by atoms with Crippen molar-refractivity contribution in [2.45, 2.75) is 266 Å². The van der Waals surface area contributed by atoms with Crippen LogP contribution in [-0.2, 0) is 40.4 Å². The van der Waals surface area contributed by atoms with Crippen LogP contribution >= 0.6 is 0 Å². The number of aryl methyl sites for hydroxylation is 11. The highest BCUT2D eigenvalue weighted by molar-refractivity contribution is 5.89. The van der Waals surface area contributed by atoms with Gasteiger partial charge in [-0.25, -0.2) is 13.7 Å². The fourth-order valence-electron chi connectivity index (χ4n) is 23.1. The van der Waals surface area contributed by atoms with Gasteiger partial charge in [-0.1, -0.05) is 155 Å². The fourth-order valence-corrected chi connectivity index (χ4v) is 23.1. The maximum Gasteiger partial charge on any atom is 0.213 e. The van der Waals surface area contributed by atoms with Crippen LogP contribution < -0.4 is 13.7 Å². The summed E-state index contributed by atoms with van der Waals surface area (Å²) in [6.07, 6.45) is 49.7. The molecule has 0 saturated heterocycles. The molecule has 0 radical (unpaired) electrons. The molecule has 101 heavy (non-hydrogen) atoms. The van der Waals surface area contributed by atoms with Crippen molar-refractivity contribution in [3.05, 3.63) is 228 Å². The molecular weight excluding hydrogens is 1220 g/mol. The molecule has 3 aromatic heterocycles. The van der Waals surface area contributed by atoms with Gasteiger partial charge < -0.3 is 0 Å². The van der Waals surface area contributed by atoms with Gasteiger partial charge in [0, 0.05) is 34.9 Å². The van der Waals surface area contributed by atoms with Crippen LogP contribution in [0.1, 0.15) is 286 Å². The van der Waals surface area contributed by atoms with Gasteiger partial charge in [0.2, 0.25) is 17.1 Å². The van der Waals surface area contributed by atoms with E-state index in [-0.39, 0.29) is 0 Å². The molecule has 3 spiro atoms. The smallest absolute Gasteiger partial charge is 0.201 e. The molecule has 522 valence electrons. The van der Waals surface area contributed by atoms with E-state index in [1.807, 2.05) is 0 Å². The van der Waals surface area contributed by atoms with Crippen LogP contribution in [0.4, 0.5) is 0 Å². The molecule has 0 aliphatic heterocycles. The molecule has 9 aliphatic rings. The Hall–Kier alpha value is -7.23. The van der Waals surface area contributed by atoms with Crippen LogP contribution in [0, 0.1) is 71.6 Å². The van der Waals surface area contributed by atoms with Crippen molar-refractivity contribution in [2.24, 2.45) is 37.4 Å². The van der Waals surface area contributed by atoms with Crippen molar-refractivity contribution in [1.82, 2.24) is 0 Å². The third-order valence-corrected chi connectivity index (χ3v) is 28.8.